The van der Waals surface area contributed by atoms with Crippen LogP contribution in [0.5, 0.6) is 5.75 Å². The number of hydrogen-bond acceptors (Lipinski definition) is 4. The standard InChI is InChI=1S/C14H23NO3S/c1-11(15)12-5-7-13(8-6-12)18-9-10-19(16,17)14(2,3)4/h5-8,11H,9-10,15H2,1-4H3. The molecule has 0 aromatic heterocycles. The lowest BCUT2D eigenvalue weighted by atomic mass is 10.1. The van der Waals surface area contributed by atoms with Gasteiger partial charge in [-0.1, -0.05) is 12.1 Å². The van der Waals surface area contributed by atoms with Crippen LogP contribution < -0.4 is 10.5 Å². The summed E-state index contributed by atoms with van der Waals surface area (Å²) in [5.41, 5.74) is 6.77. The lowest BCUT2D eigenvalue weighted by Crippen LogP contribution is -2.32. The first-order chi connectivity index (χ1) is 8.63. The van der Waals surface area contributed by atoms with Crippen molar-refractivity contribution in [3.05, 3.63) is 29.8 Å². The number of ether oxygens (including phenoxy) is 1. The molecule has 1 unspecified atom stereocenters. The Morgan fingerprint density at radius 1 is 1.21 bits per heavy atom. The molecule has 0 aliphatic rings. The minimum absolute atomic E-state index is 0.0182. The summed E-state index contributed by atoms with van der Waals surface area (Å²) in [6.07, 6.45) is 0. The van der Waals surface area contributed by atoms with Crippen molar-refractivity contribution in [3.8, 4) is 5.75 Å². The van der Waals surface area contributed by atoms with Crippen molar-refractivity contribution < 1.29 is 13.2 Å². The van der Waals surface area contributed by atoms with E-state index in [0.29, 0.717) is 5.75 Å². The molecule has 0 aliphatic carbocycles. The van der Waals surface area contributed by atoms with Crippen LogP contribution in [0, 0.1) is 0 Å². The van der Waals surface area contributed by atoms with Crippen LogP contribution in [-0.2, 0) is 9.84 Å². The zero-order valence-corrected chi connectivity index (χ0v) is 12.8. The molecule has 0 bridgehead atoms. The van der Waals surface area contributed by atoms with E-state index in [0.717, 1.165) is 5.56 Å². The van der Waals surface area contributed by atoms with Crippen molar-refractivity contribution in [2.24, 2.45) is 5.73 Å². The van der Waals surface area contributed by atoms with Crippen LogP contribution in [0.2, 0.25) is 0 Å². The average molecular weight is 285 g/mol. The van der Waals surface area contributed by atoms with Crippen LogP contribution in [0.15, 0.2) is 24.3 Å². The highest BCUT2D eigenvalue weighted by atomic mass is 32.2. The van der Waals surface area contributed by atoms with E-state index in [2.05, 4.69) is 0 Å². The van der Waals surface area contributed by atoms with Gasteiger partial charge in [0.1, 0.15) is 12.4 Å². The molecule has 0 heterocycles. The topological polar surface area (TPSA) is 69.4 Å². The molecule has 0 amide bonds. The third-order valence-corrected chi connectivity index (χ3v) is 5.53. The summed E-state index contributed by atoms with van der Waals surface area (Å²) in [4.78, 5) is 0. The molecule has 1 atom stereocenters. The number of nitrogens with two attached hydrogens (primary N) is 1. The normalized spacial score (nSPS) is 14.2. The number of benzene rings is 1. The third-order valence-electron chi connectivity index (χ3n) is 2.96. The van der Waals surface area contributed by atoms with Gasteiger partial charge >= 0.3 is 0 Å². The molecule has 0 spiro atoms. The zero-order valence-electron chi connectivity index (χ0n) is 12.0. The van der Waals surface area contributed by atoms with Crippen molar-refractivity contribution in [2.45, 2.75) is 38.5 Å². The minimum atomic E-state index is -3.13. The van der Waals surface area contributed by atoms with E-state index in [-0.39, 0.29) is 18.4 Å². The second-order valence-electron chi connectivity index (χ2n) is 5.64. The van der Waals surface area contributed by atoms with Crippen LogP contribution >= 0.6 is 0 Å². The Hall–Kier alpha value is -1.07. The lowest BCUT2D eigenvalue weighted by Gasteiger charge is -2.19. The van der Waals surface area contributed by atoms with E-state index in [9.17, 15) is 8.42 Å². The first-order valence-electron chi connectivity index (χ1n) is 6.34. The largest absolute Gasteiger partial charge is 0.493 e. The molecule has 5 heteroatoms. The average Bonchev–Trinajstić information content (AvgIpc) is 2.28. The summed E-state index contributed by atoms with van der Waals surface area (Å²) < 4.78 is 28.5. The van der Waals surface area contributed by atoms with Crippen molar-refractivity contribution >= 4 is 9.84 Å². The fourth-order valence-electron chi connectivity index (χ4n) is 1.44. The van der Waals surface area contributed by atoms with E-state index in [1.54, 1.807) is 20.8 Å². The Morgan fingerprint density at radius 3 is 2.16 bits per heavy atom. The highest BCUT2D eigenvalue weighted by molar-refractivity contribution is 7.92. The zero-order chi connectivity index (χ0) is 14.7. The molecule has 4 nitrogen and oxygen atoms in total. The van der Waals surface area contributed by atoms with Gasteiger partial charge in [0.05, 0.1) is 10.5 Å². The van der Waals surface area contributed by atoms with Crippen molar-refractivity contribution in [3.63, 3.8) is 0 Å². The second-order valence-corrected chi connectivity index (χ2v) is 8.50. The molecule has 0 saturated carbocycles. The summed E-state index contributed by atoms with van der Waals surface area (Å²) in [6.45, 7) is 7.15. The van der Waals surface area contributed by atoms with Crippen LogP contribution in [0.1, 0.15) is 39.3 Å². The van der Waals surface area contributed by atoms with Crippen LogP contribution in [-0.4, -0.2) is 25.5 Å². The van der Waals surface area contributed by atoms with Gasteiger partial charge in [-0.05, 0) is 45.4 Å². The van der Waals surface area contributed by atoms with Gasteiger partial charge in [0.25, 0.3) is 0 Å². The maximum Gasteiger partial charge on any atom is 0.158 e. The molecule has 108 valence electrons. The Kier molecular flexibility index (Phi) is 4.98. The summed E-state index contributed by atoms with van der Waals surface area (Å²) >= 11 is 0. The van der Waals surface area contributed by atoms with Crippen LogP contribution in [0.3, 0.4) is 0 Å². The molecule has 0 aliphatic heterocycles. The van der Waals surface area contributed by atoms with Gasteiger partial charge in [0, 0.05) is 6.04 Å². The quantitative estimate of drug-likeness (QED) is 0.901. The molecule has 19 heavy (non-hydrogen) atoms. The Labute approximate surface area is 115 Å². The summed E-state index contributed by atoms with van der Waals surface area (Å²) in [5.74, 6) is 0.680. The summed E-state index contributed by atoms with van der Waals surface area (Å²) in [5, 5.41) is 0. The molecular formula is C14H23NO3S. The Morgan fingerprint density at radius 2 is 1.74 bits per heavy atom. The number of sulfone groups is 1. The molecule has 1 aromatic carbocycles. The van der Waals surface area contributed by atoms with E-state index in [4.69, 9.17) is 10.5 Å². The van der Waals surface area contributed by atoms with Gasteiger partial charge in [-0.2, -0.15) is 0 Å². The molecular weight excluding hydrogens is 262 g/mol. The summed E-state index contributed by atoms with van der Waals surface area (Å²) in [7, 11) is -3.13. The highest BCUT2D eigenvalue weighted by Crippen LogP contribution is 2.18. The monoisotopic (exact) mass is 285 g/mol. The van der Waals surface area contributed by atoms with Gasteiger partial charge in [-0.3, -0.25) is 0 Å². The van der Waals surface area contributed by atoms with E-state index >= 15 is 0 Å². The third kappa shape index (κ3) is 4.51. The van der Waals surface area contributed by atoms with Gasteiger partial charge in [0.2, 0.25) is 0 Å². The molecule has 0 fully saturated rings. The number of rotatable bonds is 5. The van der Waals surface area contributed by atoms with Gasteiger partial charge < -0.3 is 10.5 Å². The molecule has 0 saturated heterocycles. The SMILES string of the molecule is CC(N)c1ccc(OCCS(=O)(=O)C(C)(C)C)cc1. The van der Waals surface area contributed by atoms with E-state index < -0.39 is 14.6 Å². The van der Waals surface area contributed by atoms with E-state index in [1.165, 1.54) is 0 Å². The maximum atomic E-state index is 11.9. The summed E-state index contributed by atoms with van der Waals surface area (Å²) in [6, 6.07) is 7.37. The van der Waals surface area contributed by atoms with Gasteiger partial charge in [0.15, 0.2) is 9.84 Å². The second kappa shape index (κ2) is 5.92. The Balaban J connectivity index is 2.55. The first-order valence-corrected chi connectivity index (χ1v) is 7.99. The fraction of sp³-hybridized carbons (Fsp3) is 0.571. The maximum absolute atomic E-state index is 11.9. The van der Waals surface area contributed by atoms with Gasteiger partial charge in [-0.15, -0.1) is 0 Å². The molecule has 1 rings (SSSR count). The smallest absolute Gasteiger partial charge is 0.158 e. The first kappa shape index (κ1) is 16.0. The molecule has 2 N–H and O–H groups in total. The highest BCUT2D eigenvalue weighted by Gasteiger charge is 2.28. The predicted octanol–water partition coefficient (Wildman–Crippen LogP) is 2.30. The predicted molar refractivity (Wildman–Crippen MR) is 78.1 cm³/mol. The van der Waals surface area contributed by atoms with Crippen molar-refractivity contribution in [1.29, 1.82) is 0 Å². The van der Waals surface area contributed by atoms with Crippen molar-refractivity contribution in [1.82, 2.24) is 0 Å². The van der Waals surface area contributed by atoms with Gasteiger partial charge in [-0.25, -0.2) is 8.42 Å². The fourth-order valence-corrected chi connectivity index (χ4v) is 2.36. The molecule has 0 radical (unpaired) electrons. The van der Waals surface area contributed by atoms with Crippen molar-refractivity contribution in [2.75, 3.05) is 12.4 Å². The lowest BCUT2D eigenvalue weighted by molar-refractivity contribution is 0.339. The minimum Gasteiger partial charge on any atom is -0.493 e. The van der Waals surface area contributed by atoms with Crippen LogP contribution in [0.25, 0.3) is 0 Å². The number of hydrogen-bond donors (Lipinski definition) is 1. The Bertz CT molecular complexity index is 498. The van der Waals surface area contributed by atoms with Crippen LogP contribution in [0.4, 0.5) is 0 Å². The van der Waals surface area contributed by atoms with E-state index in [1.807, 2.05) is 31.2 Å². The molecule has 1 aromatic rings.